The highest BCUT2D eigenvalue weighted by molar-refractivity contribution is 9.10. The highest BCUT2D eigenvalue weighted by atomic mass is 79.9. The predicted octanol–water partition coefficient (Wildman–Crippen LogP) is 4.07. The van der Waals surface area contributed by atoms with E-state index in [2.05, 4.69) is 27.3 Å². The van der Waals surface area contributed by atoms with E-state index in [1.165, 1.54) is 5.56 Å². The summed E-state index contributed by atoms with van der Waals surface area (Å²) in [6.45, 7) is 2.69. The molecule has 98 valence electrons. The first kappa shape index (κ1) is 13.6. The number of carboxylic acids is 1. The van der Waals surface area contributed by atoms with Crippen molar-refractivity contribution >= 4 is 27.6 Å². The van der Waals surface area contributed by atoms with Crippen molar-refractivity contribution in [3.63, 3.8) is 0 Å². The van der Waals surface area contributed by atoms with Gasteiger partial charge in [-0.3, -0.25) is 0 Å². The monoisotopic (exact) mass is 319 g/mol. The van der Waals surface area contributed by atoms with Gasteiger partial charge in [-0.1, -0.05) is 34.1 Å². The average molecular weight is 320 g/mol. The Morgan fingerprint density at radius 1 is 1.26 bits per heavy atom. The largest absolute Gasteiger partial charge is 0.478 e. The molecule has 0 unspecified atom stereocenters. The van der Waals surface area contributed by atoms with Gasteiger partial charge in [0.05, 0.1) is 5.56 Å². The van der Waals surface area contributed by atoms with Crippen LogP contribution >= 0.6 is 15.9 Å². The van der Waals surface area contributed by atoms with E-state index in [1.807, 2.05) is 31.2 Å². The number of carboxylic acid groups (broad SMARTS) is 1. The van der Waals surface area contributed by atoms with E-state index in [1.54, 1.807) is 12.1 Å². The van der Waals surface area contributed by atoms with Gasteiger partial charge in [0.1, 0.15) is 0 Å². The third kappa shape index (κ3) is 3.58. The number of carbonyl (C=O) groups is 1. The molecule has 0 heterocycles. The zero-order valence-electron chi connectivity index (χ0n) is 10.5. The summed E-state index contributed by atoms with van der Waals surface area (Å²) in [5, 5.41) is 12.2. The van der Waals surface area contributed by atoms with Crippen LogP contribution in [0.15, 0.2) is 46.9 Å². The molecule has 3 nitrogen and oxygen atoms in total. The SMILES string of the molecule is Cc1cccc(NCc2ccc(C(=O)O)cc2Br)c1. The third-order valence-corrected chi connectivity index (χ3v) is 3.54. The Labute approximate surface area is 120 Å². The van der Waals surface area contributed by atoms with Crippen molar-refractivity contribution in [3.05, 3.63) is 63.6 Å². The number of nitrogens with one attached hydrogen (secondary N) is 1. The molecular weight excluding hydrogens is 306 g/mol. The molecule has 2 aromatic rings. The van der Waals surface area contributed by atoms with Gasteiger partial charge < -0.3 is 10.4 Å². The Bertz CT molecular complexity index is 611. The van der Waals surface area contributed by atoms with Crippen LogP contribution in [0.5, 0.6) is 0 Å². The molecule has 0 fully saturated rings. The zero-order valence-corrected chi connectivity index (χ0v) is 12.1. The number of hydrogen-bond acceptors (Lipinski definition) is 2. The van der Waals surface area contributed by atoms with Gasteiger partial charge in [0, 0.05) is 16.7 Å². The molecule has 19 heavy (non-hydrogen) atoms. The van der Waals surface area contributed by atoms with E-state index in [0.717, 1.165) is 15.7 Å². The minimum Gasteiger partial charge on any atom is -0.478 e. The maximum absolute atomic E-state index is 10.8. The van der Waals surface area contributed by atoms with Crippen molar-refractivity contribution in [1.82, 2.24) is 0 Å². The van der Waals surface area contributed by atoms with Crippen LogP contribution in [0.1, 0.15) is 21.5 Å². The van der Waals surface area contributed by atoms with Gasteiger partial charge in [-0.05, 0) is 42.3 Å². The van der Waals surface area contributed by atoms with Crippen molar-refractivity contribution in [2.24, 2.45) is 0 Å². The molecule has 0 atom stereocenters. The van der Waals surface area contributed by atoms with Crippen molar-refractivity contribution < 1.29 is 9.90 Å². The van der Waals surface area contributed by atoms with E-state index in [-0.39, 0.29) is 5.56 Å². The molecule has 0 aliphatic heterocycles. The van der Waals surface area contributed by atoms with Crippen LogP contribution in [-0.2, 0) is 6.54 Å². The van der Waals surface area contributed by atoms with E-state index in [4.69, 9.17) is 5.11 Å². The molecule has 0 bridgehead atoms. The zero-order chi connectivity index (χ0) is 13.8. The summed E-state index contributed by atoms with van der Waals surface area (Å²) in [4.78, 5) is 10.8. The number of halogens is 1. The number of anilines is 1. The quantitative estimate of drug-likeness (QED) is 0.893. The molecule has 2 N–H and O–H groups in total. The molecule has 0 aliphatic rings. The molecule has 0 radical (unpaired) electrons. The summed E-state index contributed by atoms with van der Waals surface area (Å²) in [6, 6.07) is 13.2. The smallest absolute Gasteiger partial charge is 0.335 e. The van der Waals surface area contributed by atoms with Crippen LogP contribution in [0.2, 0.25) is 0 Å². The topological polar surface area (TPSA) is 49.3 Å². The van der Waals surface area contributed by atoms with Gasteiger partial charge in [-0.2, -0.15) is 0 Å². The van der Waals surface area contributed by atoms with E-state index in [0.29, 0.717) is 6.54 Å². The summed E-state index contributed by atoms with van der Waals surface area (Å²) in [5.41, 5.74) is 3.55. The van der Waals surface area contributed by atoms with E-state index in [9.17, 15) is 4.79 Å². The second-order valence-corrected chi connectivity index (χ2v) is 5.19. The molecule has 0 saturated heterocycles. The van der Waals surface area contributed by atoms with Crippen LogP contribution in [0.4, 0.5) is 5.69 Å². The Hall–Kier alpha value is -1.81. The average Bonchev–Trinajstić information content (AvgIpc) is 2.37. The van der Waals surface area contributed by atoms with Crippen LogP contribution in [0.25, 0.3) is 0 Å². The number of aryl methyl sites for hydroxylation is 1. The van der Waals surface area contributed by atoms with Gasteiger partial charge in [-0.15, -0.1) is 0 Å². The van der Waals surface area contributed by atoms with Crippen LogP contribution in [0.3, 0.4) is 0 Å². The molecule has 0 amide bonds. The summed E-state index contributed by atoms with van der Waals surface area (Å²) >= 11 is 3.40. The normalized spacial score (nSPS) is 10.2. The number of benzene rings is 2. The standard InChI is InChI=1S/C15H14BrNO2/c1-10-3-2-4-13(7-10)17-9-12-6-5-11(15(18)19)8-14(12)16/h2-8,17H,9H2,1H3,(H,18,19). The van der Waals surface area contributed by atoms with Crippen molar-refractivity contribution in [2.45, 2.75) is 13.5 Å². The second kappa shape index (κ2) is 5.89. The van der Waals surface area contributed by atoms with Gasteiger partial charge in [0.25, 0.3) is 0 Å². The minimum absolute atomic E-state index is 0.284. The van der Waals surface area contributed by atoms with Gasteiger partial charge in [-0.25, -0.2) is 4.79 Å². The first-order valence-corrected chi connectivity index (χ1v) is 6.68. The summed E-state index contributed by atoms with van der Waals surface area (Å²) in [6.07, 6.45) is 0. The van der Waals surface area contributed by atoms with Gasteiger partial charge in [0.2, 0.25) is 0 Å². The Morgan fingerprint density at radius 3 is 2.68 bits per heavy atom. The fourth-order valence-corrected chi connectivity index (χ4v) is 2.29. The molecule has 0 saturated carbocycles. The number of rotatable bonds is 4. The predicted molar refractivity (Wildman–Crippen MR) is 79.6 cm³/mol. The molecule has 0 aliphatic carbocycles. The first-order valence-electron chi connectivity index (χ1n) is 5.88. The Balaban J connectivity index is 2.10. The Morgan fingerprint density at radius 2 is 2.05 bits per heavy atom. The van der Waals surface area contributed by atoms with Crippen molar-refractivity contribution in [3.8, 4) is 0 Å². The maximum Gasteiger partial charge on any atom is 0.335 e. The van der Waals surface area contributed by atoms with E-state index < -0.39 is 5.97 Å². The third-order valence-electron chi connectivity index (χ3n) is 2.80. The summed E-state index contributed by atoms with van der Waals surface area (Å²) < 4.78 is 0.799. The molecule has 2 rings (SSSR count). The van der Waals surface area contributed by atoms with Crippen molar-refractivity contribution in [1.29, 1.82) is 0 Å². The highest BCUT2D eigenvalue weighted by Crippen LogP contribution is 2.20. The van der Waals surface area contributed by atoms with Crippen LogP contribution < -0.4 is 5.32 Å². The molecule has 4 heteroatoms. The highest BCUT2D eigenvalue weighted by Gasteiger charge is 2.06. The Kier molecular flexibility index (Phi) is 4.22. The fourth-order valence-electron chi connectivity index (χ4n) is 1.78. The molecular formula is C15H14BrNO2. The van der Waals surface area contributed by atoms with Crippen LogP contribution in [0, 0.1) is 6.92 Å². The lowest BCUT2D eigenvalue weighted by molar-refractivity contribution is 0.0697. The lowest BCUT2D eigenvalue weighted by atomic mass is 10.1. The van der Waals surface area contributed by atoms with Gasteiger partial charge in [0.15, 0.2) is 0 Å². The first-order chi connectivity index (χ1) is 9.06. The number of hydrogen-bond donors (Lipinski definition) is 2. The molecule has 0 spiro atoms. The lowest BCUT2D eigenvalue weighted by Crippen LogP contribution is -2.02. The summed E-state index contributed by atoms with van der Waals surface area (Å²) in [5.74, 6) is -0.918. The molecule has 2 aromatic carbocycles. The summed E-state index contributed by atoms with van der Waals surface area (Å²) in [7, 11) is 0. The van der Waals surface area contributed by atoms with E-state index >= 15 is 0 Å². The van der Waals surface area contributed by atoms with Crippen LogP contribution in [-0.4, -0.2) is 11.1 Å². The molecule has 0 aromatic heterocycles. The lowest BCUT2D eigenvalue weighted by Gasteiger charge is -2.09. The second-order valence-electron chi connectivity index (χ2n) is 4.33. The van der Waals surface area contributed by atoms with Gasteiger partial charge >= 0.3 is 5.97 Å². The van der Waals surface area contributed by atoms with Crippen molar-refractivity contribution in [2.75, 3.05) is 5.32 Å². The number of aromatic carboxylic acids is 1. The fraction of sp³-hybridized carbons (Fsp3) is 0.133. The maximum atomic E-state index is 10.8. The minimum atomic E-state index is -0.918.